The van der Waals surface area contributed by atoms with Gasteiger partial charge in [-0.15, -0.1) is 0 Å². The fourth-order valence-corrected chi connectivity index (χ4v) is 2.25. The van der Waals surface area contributed by atoms with Crippen LogP contribution < -0.4 is 0 Å². The van der Waals surface area contributed by atoms with Gasteiger partial charge in [-0.2, -0.15) is 0 Å². The molecule has 1 nitrogen and oxygen atoms in total. The molecule has 0 radical (unpaired) electrons. The minimum atomic E-state index is 0.910. The van der Waals surface area contributed by atoms with E-state index in [0.717, 1.165) is 6.04 Å². The summed E-state index contributed by atoms with van der Waals surface area (Å²) in [7, 11) is 0. The lowest BCUT2D eigenvalue weighted by Crippen LogP contribution is -2.18. The molecule has 1 aromatic rings. The van der Waals surface area contributed by atoms with Crippen LogP contribution in [0.4, 0.5) is 0 Å². The van der Waals surface area contributed by atoms with Crippen LogP contribution in [0.15, 0.2) is 18.2 Å². The molecular weight excluding hydrogens is 158 g/mol. The molecule has 0 unspecified atom stereocenters. The Bertz CT molecular complexity index is 339. The molecule has 68 valence electrons. The summed E-state index contributed by atoms with van der Waals surface area (Å²) in [6, 6.07) is 7.78. The molecule has 1 fully saturated rings. The molecule has 13 heavy (non-hydrogen) atoms. The molecule has 1 aliphatic carbocycles. The largest absolute Gasteiger partial charge is 0.292 e. The first-order chi connectivity index (χ1) is 6.33. The Morgan fingerprint density at radius 3 is 2.69 bits per heavy atom. The van der Waals surface area contributed by atoms with Crippen molar-refractivity contribution in [3.63, 3.8) is 0 Å². The van der Waals surface area contributed by atoms with Gasteiger partial charge in [-0.05, 0) is 30.9 Å². The third kappa shape index (κ3) is 1.28. The van der Waals surface area contributed by atoms with Gasteiger partial charge in [-0.3, -0.25) is 4.90 Å². The van der Waals surface area contributed by atoms with Crippen molar-refractivity contribution in [1.82, 2.24) is 4.90 Å². The second-order valence-corrected chi connectivity index (χ2v) is 4.41. The predicted molar refractivity (Wildman–Crippen MR) is 53.4 cm³/mol. The molecule has 1 aliphatic heterocycles. The number of rotatable bonds is 1. The molecule has 1 aromatic carbocycles. The second kappa shape index (κ2) is 2.58. The monoisotopic (exact) mass is 173 g/mol. The van der Waals surface area contributed by atoms with Gasteiger partial charge in [0.25, 0.3) is 0 Å². The van der Waals surface area contributed by atoms with Gasteiger partial charge < -0.3 is 0 Å². The normalized spacial score (nSPS) is 21.9. The van der Waals surface area contributed by atoms with Gasteiger partial charge in [-0.25, -0.2) is 0 Å². The minimum absolute atomic E-state index is 0.910. The van der Waals surface area contributed by atoms with Crippen molar-refractivity contribution in [2.24, 2.45) is 0 Å². The molecule has 1 heteroatoms. The second-order valence-electron chi connectivity index (χ2n) is 4.41. The zero-order valence-electron chi connectivity index (χ0n) is 8.09. The summed E-state index contributed by atoms with van der Waals surface area (Å²) < 4.78 is 0. The van der Waals surface area contributed by atoms with Gasteiger partial charge in [0.15, 0.2) is 0 Å². The van der Waals surface area contributed by atoms with E-state index >= 15 is 0 Å². The van der Waals surface area contributed by atoms with Crippen molar-refractivity contribution in [3.8, 4) is 0 Å². The molecule has 0 N–H and O–H groups in total. The number of hydrogen-bond donors (Lipinski definition) is 0. The summed E-state index contributed by atoms with van der Waals surface area (Å²) in [4.78, 5) is 2.62. The van der Waals surface area contributed by atoms with Crippen LogP contribution in [-0.2, 0) is 13.1 Å². The van der Waals surface area contributed by atoms with Crippen molar-refractivity contribution in [2.45, 2.75) is 38.9 Å². The van der Waals surface area contributed by atoms with Crippen LogP contribution in [0.5, 0.6) is 0 Å². The first-order valence-corrected chi connectivity index (χ1v) is 5.15. The van der Waals surface area contributed by atoms with Crippen LogP contribution in [0.3, 0.4) is 0 Å². The highest BCUT2D eigenvalue weighted by Crippen LogP contribution is 2.34. The van der Waals surface area contributed by atoms with Crippen LogP contribution in [0, 0.1) is 6.92 Å². The van der Waals surface area contributed by atoms with Gasteiger partial charge in [0.2, 0.25) is 0 Å². The van der Waals surface area contributed by atoms with Crippen molar-refractivity contribution >= 4 is 0 Å². The lowest BCUT2D eigenvalue weighted by molar-refractivity contribution is 0.273. The maximum atomic E-state index is 2.62. The lowest BCUT2D eigenvalue weighted by Gasteiger charge is -2.11. The zero-order valence-corrected chi connectivity index (χ0v) is 8.09. The van der Waals surface area contributed by atoms with E-state index < -0.39 is 0 Å². The average molecular weight is 173 g/mol. The molecule has 0 atom stereocenters. The Morgan fingerprint density at radius 2 is 1.92 bits per heavy atom. The molecule has 1 saturated carbocycles. The molecular formula is C12H15N. The van der Waals surface area contributed by atoms with E-state index in [2.05, 4.69) is 30.0 Å². The van der Waals surface area contributed by atoms with E-state index in [1.165, 1.54) is 31.5 Å². The maximum absolute atomic E-state index is 2.62. The Labute approximate surface area is 79.4 Å². The summed E-state index contributed by atoms with van der Waals surface area (Å²) in [5, 5.41) is 0. The average Bonchev–Trinajstić information content (AvgIpc) is 2.87. The number of benzene rings is 1. The first-order valence-electron chi connectivity index (χ1n) is 5.15. The third-order valence-corrected chi connectivity index (χ3v) is 3.17. The van der Waals surface area contributed by atoms with E-state index in [9.17, 15) is 0 Å². The van der Waals surface area contributed by atoms with E-state index in [0.29, 0.717) is 0 Å². The Balaban J connectivity index is 1.90. The van der Waals surface area contributed by atoms with E-state index in [1.54, 1.807) is 11.1 Å². The van der Waals surface area contributed by atoms with Crippen molar-refractivity contribution in [3.05, 3.63) is 34.9 Å². The highest BCUT2D eigenvalue weighted by molar-refractivity contribution is 5.34. The van der Waals surface area contributed by atoms with E-state index in [-0.39, 0.29) is 0 Å². The number of hydrogen-bond acceptors (Lipinski definition) is 1. The van der Waals surface area contributed by atoms with Crippen molar-refractivity contribution in [1.29, 1.82) is 0 Å². The fraction of sp³-hybridized carbons (Fsp3) is 0.500. The molecule has 1 heterocycles. The lowest BCUT2D eigenvalue weighted by atomic mass is 10.1. The summed E-state index contributed by atoms with van der Waals surface area (Å²) >= 11 is 0. The number of aryl methyl sites for hydroxylation is 1. The van der Waals surface area contributed by atoms with Crippen molar-refractivity contribution < 1.29 is 0 Å². The molecule has 0 spiro atoms. The quantitative estimate of drug-likeness (QED) is 0.630. The van der Waals surface area contributed by atoms with Crippen LogP contribution in [0.25, 0.3) is 0 Å². The third-order valence-electron chi connectivity index (χ3n) is 3.17. The predicted octanol–water partition coefficient (Wildman–Crippen LogP) is 2.47. The highest BCUT2D eigenvalue weighted by atomic mass is 15.2. The summed E-state index contributed by atoms with van der Waals surface area (Å²) in [5.41, 5.74) is 4.51. The van der Waals surface area contributed by atoms with Gasteiger partial charge in [-0.1, -0.05) is 23.8 Å². The standard InChI is InChI=1S/C12H15N/c1-9-2-3-10-7-13(12-4-5-12)8-11(10)6-9/h2-3,6,12H,4-5,7-8H2,1H3. The van der Waals surface area contributed by atoms with Crippen LogP contribution >= 0.6 is 0 Å². The Hall–Kier alpha value is -0.820. The number of fused-ring (bicyclic) bond motifs is 1. The number of nitrogens with zero attached hydrogens (tertiary/aromatic N) is 1. The Kier molecular flexibility index (Phi) is 1.50. The molecule has 0 bridgehead atoms. The highest BCUT2D eigenvalue weighted by Gasteiger charge is 2.32. The SMILES string of the molecule is Cc1ccc2c(c1)CN(C1CC1)C2. The molecule has 0 aromatic heterocycles. The van der Waals surface area contributed by atoms with Gasteiger partial charge >= 0.3 is 0 Å². The minimum Gasteiger partial charge on any atom is -0.292 e. The van der Waals surface area contributed by atoms with E-state index in [4.69, 9.17) is 0 Å². The van der Waals surface area contributed by atoms with Crippen LogP contribution in [0.2, 0.25) is 0 Å². The molecule has 0 saturated heterocycles. The molecule has 2 aliphatic rings. The molecule has 0 amide bonds. The van der Waals surface area contributed by atoms with Gasteiger partial charge in [0.05, 0.1) is 0 Å². The fourth-order valence-electron chi connectivity index (χ4n) is 2.25. The van der Waals surface area contributed by atoms with Crippen LogP contribution in [-0.4, -0.2) is 10.9 Å². The summed E-state index contributed by atoms with van der Waals surface area (Å²) in [5.74, 6) is 0. The maximum Gasteiger partial charge on any atom is 0.0243 e. The smallest absolute Gasteiger partial charge is 0.0243 e. The van der Waals surface area contributed by atoms with Crippen molar-refractivity contribution in [2.75, 3.05) is 0 Å². The molecule has 3 rings (SSSR count). The van der Waals surface area contributed by atoms with Gasteiger partial charge in [0.1, 0.15) is 0 Å². The van der Waals surface area contributed by atoms with Crippen LogP contribution in [0.1, 0.15) is 29.5 Å². The van der Waals surface area contributed by atoms with E-state index in [1.807, 2.05) is 0 Å². The first kappa shape index (κ1) is 7.57. The zero-order chi connectivity index (χ0) is 8.84. The Morgan fingerprint density at radius 1 is 1.15 bits per heavy atom. The topological polar surface area (TPSA) is 3.24 Å². The summed E-state index contributed by atoms with van der Waals surface area (Å²) in [6.45, 7) is 4.57. The summed E-state index contributed by atoms with van der Waals surface area (Å²) in [6.07, 6.45) is 2.85. The van der Waals surface area contributed by atoms with Gasteiger partial charge in [0, 0.05) is 19.1 Å².